The van der Waals surface area contributed by atoms with Gasteiger partial charge in [0.1, 0.15) is 12.7 Å². The molecule has 2 aliphatic heterocycles. The summed E-state index contributed by atoms with van der Waals surface area (Å²) in [5.41, 5.74) is 0. The van der Waals surface area contributed by atoms with E-state index in [1.165, 1.54) is 0 Å². The Morgan fingerprint density at radius 2 is 2.25 bits per heavy atom. The van der Waals surface area contributed by atoms with Crippen LogP contribution in [0.15, 0.2) is 0 Å². The first kappa shape index (κ1) is 8.01. The van der Waals surface area contributed by atoms with Gasteiger partial charge >= 0.3 is 0 Å². The van der Waals surface area contributed by atoms with Crippen LogP contribution in [0.5, 0.6) is 0 Å². The maximum absolute atomic E-state index is 10.7. The molecular formula is C8H13NO3. The molecule has 2 fully saturated rings. The first-order valence-corrected chi connectivity index (χ1v) is 4.36. The van der Waals surface area contributed by atoms with Crippen LogP contribution in [0, 0.1) is 0 Å². The number of hydrogen-bond donors (Lipinski definition) is 1. The summed E-state index contributed by atoms with van der Waals surface area (Å²) in [5.74, 6) is -0.0238. The number of carbonyl (C=O) groups is 1. The van der Waals surface area contributed by atoms with Crippen molar-refractivity contribution < 1.29 is 14.3 Å². The van der Waals surface area contributed by atoms with Crippen LogP contribution in [0.25, 0.3) is 0 Å². The summed E-state index contributed by atoms with van der Waals surface area (Å²) in [7, 11) is 0. The quantitative estimate of drug-likeness (QED) is 0.588. The average molecular weight is 171 g/mol. The van der Waals surface area contributed by atoms with E-state index in [9.17, 15) is 4.79 Å². The number of hydrogen-bond acceptors (Lipinski definition) is 3. The highest BCUT2D eigenvalue weighted by Crippen LogP contribution is 2.18. The number of rotatable bonds is 1. The Bertz CT molecular complexity index is 167. The highest BCUT2D eigenvalue weighted by atomic mass is 16.5. The van der Waals surface area contributed by atoms with E-state index in [4.69, 9.17) is 9.47 Å². The Morgan fingerprint density at radius 1 is 1.33 bits per heavy atom. The minimum atomic E-state index is -0.0238. The zero-order valence-corrected chi connectivity index (χ0v) is 6.91. The van der Waals surface area contributed by atoms with Crippen molar-refractivity contribution in [2.24, 2.45) is 0 Å². The van der Waals surface area contributed by atoms with Gasteiger partial charge in [-0.3, -0.25) is 4.79 Å². The highest BCUT2D eigenvalue weighted by molar-refractivity contribution is 5.77. The minimum absolute atomic E-state index is 0.0238. The van der Waals surface area contributed by atoms with Crippen LogP contribution in [-0.2, 0) is 14.3 Å². The predicted molar refractivity (Wildman–Crippen MR) is 41.7 cm³/mol. The molecule has 68 valence electrons. The van der Waals surface area contributed by atoms with Crippen molar-refractivity contribution in [3.8, 4) is 0 Å². The van der Waals surface area contributed by atoms with Crippen LogP contribution >= 0.6 is 0 Å². The SMILES string of the molecule is O=C1COC(C2CCCO2)CN1. The van der Waals surface area contributed by atoms with Crippen LogP contribution < -0.4 is 5.32 Å². The molecule has 2 heterocycles. The Balaban J connectivity index is 1.84. The van der Waals surface area contributed by atoms with Crippen LogP contribution in [0.3, 0.4) is 0 Å². The molecule has 1 amide bonds. The van der Waals surface area contributed by atoms with Crippen LogP contribution in [0.4, 0.5) is 0 Å². The minimum Gasteiger partial charge on any atom is -0.375 e. The lowest BCUT2D eigenvalue weighted by Crippen LogP contribution is -2.48. The summed E-state index contributed by atoms with van der Waals surface area (Å²) >= 11 is 0. The standard InChI is InChI=1S/C8H13NO3/c10-8-5-12-7(4-9-8)6-2-1-3-11-6/h6-7H,1-5H2,(H,9,10). The van der Waals surface area contributed by atoms with E-state index in [0.717, 1.165) is 19.4 Å². The maximum atomic E-state index is 10.7. The van der Waals surface area contributed by atoms with E-state index < -0.39 is 0 Å². The molecule has 2 atom stereocenters. The molecule has 0 aromatic heterocycles. The van der Waals surface area contributed by atoms with E-state index in [1.54, 1.807) is 0 Å². The second-order valence-corrected chi connectivity index (χ2v) is 3.21. The number of nitrogens with one attached hydrogen (secondary N) is 1. The first-order valence-electron chi connectivity index (χ1n) is 4.36. The van der Waals surface area contributed by atoms with Crippen molar-refractivity contribution in [2.75, 3.05) is 19.8 Å². The summed E-state index contributed by atoms with van der Waals surface area (Å²) in [6.07, 6.45) is 2.44. The smallest absolute Gasteiger partial charge is 0.246 e. The molecule has 2 aliphatic rings. The zero-order valence-electron chi connectivity index (χ0n) is 6.91. The fourth-order valence-corrected chi connectivity index (χ4v) is 1.64. The van der Waals surface area contributed by atoms with Gasteiger partial charge in [0, 0.05) is 13.2 Å². The highest BCUT2D eigenvalue weighted by Gasteiger charge is 2.29. The van der Waals surface area contributed by atoms with Crippen molar-refractivity contribution in [1.29, 1.82) is 0 Å². The zero-order chi connectivity index (χ0) is 8.39. The van der Waals surface area contributed by atoms with Gasteiger partial charge in [-0.05, 0) is 12.8 Å². The van der Waals surface area contributed by atoms with Gasteiger partial charge in [0.15, 0.2) is 0 Å². The molecule has 12 heavy (non-hydrogen) atoms. The molecule has 4 heteroatoms. The lowest BCUT2D eigenvalue weighted by molar-refractivity contribution is -0.138. The monoisotopic (exact) mass is 171 g/mol. The first-order chi connectivity index (χ1) is 5.86. The number of ether oxygens (including phenoxy) is 2. The third-order valence-electron chi connectivity index (χ3n) is 2.31. The topological polar surface area (TPSA) is 47.6 Å². The molecule has 0 aliphatic carbocycles. The van der Waals surface area contributed by atoms with Crippen molar-refractivity contribution >= 4 is 5.91 Å². The van der Waals surface area contributed by atoms with Gasteiger partial charge in [-0.15, -0.1) is 0 Å². The lowest BCUT2D eigenvalue weighted by Gasteiger charge is -2.27. The van der Waals surface area contributed by atoms with Crippen molar-refractivity contribution in [1.82, 2.24) is 5.32 Å². The Kier molecular flexibility index (Phi) is 2.28. The molecule has 2 rings (SSSR count). The Hall–Kier alpha value is -0.610. The third kappa shape index (κ3) is 1.59. The molecule has 0 radical (unpaired) electrons. The molecular weight excluding hydrogens is 158 g/mol. The van der Waals surface area contributed by atoms with Crippen molar-refractivity contribution in [2.45, 2.75) is 25.0 Å². The van der Waals surface area contributed by atoms with Gasteiger partial charge < -0.3 is 14.8 Å². The van der Waals surface area contributed by atoms with Gasteiger partial charge in [0.05, 0.1) is 6.10 Å². The number of amides is 1. The van der Waals surface area contributed by atoms with Crippen LogP contribution in [-0.4, -0.2) is 37.9 Å². The second-order valence-electron chi connectivity index (χ2n) is 3.21. The summed E-state index contributed by atoms with van der Waals surface area (Å²) in [6, 6.07) is 0. The van der Waals surface area contributed by atoms with Gasteiger partial charge in [0.2, 0.25) is 5.91 Å². The third-order valence-corrected chi connectivity index (χ3v) is 2.31. The molecule has 0 aromatic carbocycles. The van der Waals surface area contributed by atoms with Crippen LogP contribution in [0.1, 0.15) is 12.8 Å². The van der Waals surface area contributed by atoms with E-state index in [2.05, 4.69) is 5.32 Å². The normalized spacial score (nSPS) is 36.5. The summed E-state index contributed by atoms with van der Waals surface area (Å²) in [4.78, 5) is 10.7. The summed E-state index contributed by atoms with van der Waals surface area (Å²) < 4.78 is 10.8. The van der Waals surface area contributed by atoms with E-state index >= 15 is 0 Å². The Labute approximate surface area is 71.2 Å². The molecule has 0 bridgehead atoms. The van der Waals surface area contributed by atoms with Gasteiger partial charge in [0.25, 0.3) is 0 Å². The predicted octanol–water partition coefficient (Wildman–Crippen LogP) is -0.320. The average Bonchev–Trinajstić information content (AvgIpc) is 2.58. The van der Waals surface area contributed by atoms with E-state index in [-0.39, 0.29) is 24.7 Å². The van der Waals surface area contributed by atoms with E-state index in [0.29, 0.717) is 6.54 Å². The fourth-order valence-electron chi connectivity index (χ4n) is 1.64. The lowest BCUT2D eigenvalue weighted by atomic mass is 10.1. The van der Waals surface area contributed by atoms with Crippen molar-refractivity contribution in [3.63, 3.8) is 0 Å². The largest absolute Gasteiger partial charge is 0.375 e. The second kappa shape index (κ2) is 3.41. The summed E-state index contributed by atoms with van der Waals surface area (Å²) in [5, 5.41) is 2.77. The molecule has 2 unspecified atom stereocenters. The van der Waals surface area contributed by atoms with E-state index in [1.807, 2.05) is 0 Å². The van der Waals surface area contributed by atoms with Crippen molar-refractivity contribution in [3.05, 3.63) is 0 Å². The molecule has 0 saturated carbocycles. The molecule has 1 N–H and O–H groups in total. The molecule has 0 aromatic rings. The van der Waals surface area contributed by atoms with Gasteiger partial charge in [-0.25, -0.2) is 0 Å². The van der Waals surface area contributed by atoms with Gasteiger partial charge in [-0.1, -0.05) is 0 Å². The molecule has 0 spiro atoms. The number of morpholine rings is 1. The molecule has 2 saturated heterocycles. The summed E-state index contributed by atoms with van der Waals surface area (Å²) in [6.45, 7) is 1.62. The fraction of sp³-hybridized carbons (Fsp3) is 0.875. The molecule has 4 nitrogen and oxygen atoms in total. The number of carbonyl (C=O) groups excluding carboxylic acids is 1. The van der Waals surface area contributed by atoms with Gasteiger partial charge in [-0.2, -0.15) is 0 Å². The van der Waals surface area contributed by atoms with Crippen LogP contribution in [0.2, 0.25) is 0 Å². The maximum Gasteiger partial charge on any atom is 0.246 e. The Morgan fingerprint density at radius 3 is 2.83 bits per heavy atom.